The molecule has 0 saturated heterocycles. The van der Waals surface area contributed by atoms with Gasteiger partial charge in [0, 0.05) is 22.5 Å². The van der Waals surface area contributed by atoms with Gasteiger partial charge >= 0.3 is 0 Å². The molecule has 0 fully saturated rings. The van der Waals surface area contributed by atoms with Crippen LogP contribution in [0.25, 0.3) is 5.69 Å². The van der Waals surface area contributed by atoms with Gasteiger partial charge in [-0.1, -0.05) is 23.7 Å². The van der Waals surface area contributed by atoms with Crippen molar-refractivity contribution < 1.29 is 4.79 Å². The van der Waals surface area contributed by atoms with Crippen molar-refractivity contribution in [2.24, 2.45) is 0 Å². The summed E-state index contributed by atoms with van der Waals surface area (Å²) in [5.74, 6) is -0.184. The van der Waals surface area contributed by atoms with Gasteiger partial charge in [0.25, 0.3) is 5.91 Å². The van der Waals surface area contributed by atoms with Crippen molar-refractivity contribution in [1.82, 2.24) is 15.1 Å². The first-order chi connectivity index (χ1) is 11.1. The zero-order chi connectivity index (χ0) is 16.2. The average Bonchev–Trinajstić information content (AvgIpc) is 3.07. The minimum atomic E-state index is -0.184. The van der Waals surface area contributed by atoms with E-state index in [0.29, 0.717) is 17.1 Å². The minimum absolute atomic E-state index is 0.184. The van der Waals surface area contributed by atoms with Crippen LogP contribution in [0.1, 0.15) is 15.9 Å². The number of amides is 1. The highest BCUT2D eigenvalue weighted by Crippen LogP contribution is 2.19. The first kappa shape index (κ1) is 16.0. The lowest BCUT2D eigenvalue weighted by Crippen LogP contribution is -2.23. The van der Waals surface area contributed by atoms with Crippen LogP contribution in [0.4, 0.5) is 0 Å². The van der Waals surface area contributed by atoms with E-state index in [-0.39, 0.29) is 5.91 Å². The van der Waals surface area contributed by atoms with Gasteiger partial charge in [-0.15, -0.1) is 0 Å². The number of nitrogens with zero attached hydrogens (tertiary/aromatic N) is 2. The zero-order valence-electron chi connectivity index (χ0n) is 12.0. The van der Waals surface area contributed by atoms with Gasteiger partial charge in [0.05, 0.1) is 16.3 Å². The van der Waals surface area contributed by atoms with Crippen LogP contribution in [0, 0.1) is 3.57 Å². The Hall–Kier alpha value is -1.86. The highest BCUT2D eigenvalue weighted by atomic mass is 127. The van der Waals surface area contributed by atoms with Crippen LogP contribution in [0.15, 0.2) is 60.9 Å². The van der Waals surface area contributed by atoms with Gasteiger partial charge in [0.1, 0.15) is 0 Å². The highest BCUT2D eigenvalue weighted by molar-refractivity contribution is 14.1. The third-order valence-electron chi connectivity index (χ3n) is 3.31. The molecule has 0 aliphatic heterocycles. The summed E-state index contributed by atoms with van der Waals surface area (Å²) < 4.78 is 2.78. The van der Waals surface area contributed by atoms with E-state index in [1.165, 1.54) is 0 Å². The van der Waals surface area contributed by atoms with Crippen LogP contribution in [0.3, 0.4) is 0 Å². The molecule has 0 bridgehead atoms. The topological polar surface area (TPSA) is 46.9 Å². The van der Waals surface area contributed by atoms with Crippen LogP contribution < -0.4 is 5.32 Å². The van der Waals surface area contributed by atoms with E-state index in [0.717, 1.165) is 14.8 Å². The molecule has 4 nitrogen and oxygen atoms in total. The second kappa shape index (κ2) is 7.14. The molecule has 116 valence electrons. The molecule has 0 aliphatic rings. The van der Waals surface area contributed by atoms with Crippen molar-refractivity contribution in [2.75, 3.05) is 0 Å². The van der Waals surface area contributed by atoms with Gasteiger partial charge < -0.3 is 5.32 Å². The molecular weight excluding hydrogens is 425 g/mol. The number of halogens is 2. The average molecular weight is 438 g/mol. The first-order valence-electron chi connectivity index (χ1n) is 6.96. The maximum Gasteiger partial charge on any atom is 0.253 e. The van der Waals surface area contributed by atoms with E-state index in [2.05, 4.69) is 33.0 Å². The van der Waals surface area contributed by atoms with Crippen LogP contribution in [0.5, 0.6) is 0 Å². The Bertz CT molecular complexity index is 834. The third-order valence-corrected chi connectivity index (χ3v) is 4.29. The molecule has 1 N–H and O–H groups in total. The SMILES string of the molecule is O=C(NCc1cccc(-n2cccn2)c1)c1ccc(I)cc1Cl. The van der Waals surface area contributed by atoms with Crippen molar-refractivity contribution in [1.29, 1.82) is 0 Å². The van der Waals surface area contributed by atoms with Crippen LogP contribution in [-0.2, 0) is 6.54 Å². The van der Waals surface area contributed by atoms with Crippen molar-refractivity contribution in [2.45, 2.75) is 6.54 Å². The predicted molar refractivity (Wildman–Crippen MR) is 98.9 cm³/mol. The molecule has 0 saturated carbocycles. The number of carbonyl (C=O) groups excluding carboxylic acids is 1. The standard InChI is InChI=1S/C17H13ClIN3O/c18-16-10-13(19)5-6-15(16)17(23)20-11-12-3-1-4-14(9-12)22-8-2-7-21-22/h1-10H,11H2,(H,20,23). The van der Waals surface area contributed by atoms with Gasteiger partial charge in [-0.2, -0.15) is 5.10 Å². The Morgan fingerprint density at radius 2 is 2.09 bits per heavy atom. The molecule has 0 radical (unpaired) electrons. The highest BCUT2D eigenvalue weighted by Gasteiger charge is 2.10. The fourth-order valence-corrected chi connectivity index (χ4v) is 3.12. The fourth-order valence-electron chi connectivity index (χ4n) is 2.18. The number of nitrogens with one attached hydrogen (secondary N) is 1. The summed E-state index contributed by atoms with van der Waals surface area (Å²) in [6.07, 6.45) is 3.61. The Morgan fingerprint density at radius 1 is 1.22 bits per heavy atom. The lowest BCUT2D eigenvalue weighted by Gasteiger charge is -2.09. The van der Waals surface area contributed by atoms with Crippen molar-refractivity contribution in [3.8, 4) is 5.69 Å². The van der Waals surface area contributed by atoms with E-state index in [1.54, 1.807) is 23.0 Å². The third kappa shape index (κ3) is 3.92. The molecule has 1 amide bonds. The summed E-state index contributed by atoms with van der Waals surface area (Å²) in [7, 11) is 0. The van der Waals surface area contributed by atoms with Gasteiger partial charge in [-0.3, -0.25) is 4.79 Å². The maximum atomic E-state index is 12.2. The summed E-state index contributed by atoms with van der Waals surface area (Å²) in [6.45, 7) is 0.427. The number of rotatable bonds is 4. The Labute approximate surface area is 152 Å². The molecule has 3 aromatic rings. The Balaban J connectivity index is 1.71. The summed E-state index contributed by atoms with van der Waals surface area (Å²) in [5, 5.41) is 7.55. The van der Waals surface area contributed by atoms with E-state index < -0.39 is 0 Å². The zero-order valence-corrected chi connectivity index (χ0v) is 15.0. The molecule has 0 unspecified atom stereocenters. The molecule has 23 heavy (non-hydrogen) atoms. The molecule has 6 heteroatoms. The molecule has 1 aromatic heterocycles. The van der Waals surface area contributed by atoms with Crippen LogP contribution in [-0.4, -0.2) is 15.7 Å². The number of hydrogen-bond donors (Lipinski definition) is 1. The number of carbonyl (C=O) groups is 1. The van der Waals surface area contributed by atoms with Gasteiger partial charge in [-0.25, -0.2) is 4.68 Å². The summed E-state index contributed by atoms with van der Waals surface area (Å²) in [4.78, 5) is 12.2. The van der Waals surface area contributed by atoms with Gasteiger partial charge in [-0.05, 0) is 64.6 Å². The summed E-state index contributed by atoms with van der Waals surface area (Å²) >= 11 is 8.28. The molecule has 2 aromatic carbocycles. The van der Waals surface area contributed by atoms with E-state index in [9.17, 15) is 4.79 Å². The molecular formula is C17H13ClIN3O. The largest absolute Gasteiger partial charge is 0.348 e. The molecule has 0 atom stereocenters. The van der Waals surface area contributed by atoms with Crippen molar-refractivity contribution in [3.05, 3.63) is 80.6 Å². The fraction of sp³-hybridized carbons (Fsp3) is 0.0588. The summed E-state index contributed by atoms with van der Waals surface area (Å²) in [6, 6.07) is 15.1. The molecule has 0 aliphatic carbocycles. The monoisotopic (exact) mass is 437 g/mol. The Morgan fingerprint density at radius 3 is 2.83 bits per heavy atom. The maximum absolute atomic E-state index is 12.2. The molecule has 0 spiro atoms. The Kier molecular flexibility index (Phi) is 4.97. The second-order valence-electron chi connectivity index (χ2n) is 4.93. The minimum Gasteiger partial charge on any atom is -0.348 e. The lowest BCUT2D eigenvalue weighted by molar-refractivity contribution is 0.0951. The first-order valence-corrected chi connectivity index (χ1v) is 8.41. The quantitative estimate of drug-likeness (QED) is 0.626. The number of hydrogen-bond acceptors (Lipinski definition) is 2. The number of aromatic nitrogens is 2. The van der Waals surface area contributed by atoms with E-state index >= 15 is 0 Å². The number of benzene rings is 2. The van der Waals surface area contributed by atoms with Crippen molar-refractivity contribution >= 4 is 40.1 Å². The molecule has 1 heterocycles. The second-order valence-corrected chi connectivity index (χ2v) is 6.58. The van der Waals surface area contributed by atoms with Crippen molar-refractivity contribution in [3.63, 3.8) is 0 Å². The van der Waals surface area contributed by atoms with E-state index in [4.69, 9.17) is 11.6 Å². The predicted octanol–water partition coefficient (Wildman–Crippen LogP) is 4.06. The lowest BCUT2D eigenvalue weighted by atomic mass is 10.1. The smallest absolute Gasteiger partial charge is 0.253 e. The van der Waals surface area contributed by atoms with Crippen LogP contribution in [0.2, 0.25) is 5.02 Å². The normalized spacial score (nSPS) is 10.5. The van der Waals surface area contributed by atoms with Crippen LogP contribution >= 0.6 is 34.2 Å². The summed E-state index contributed by atoms with van der Waals surface area (Å²) in [5.41, 5.74) is 2.43. The van der Waals surface area contributed by atoms with Gasteiger partial charge in [0.15, 0.2) is 0 Å². The van der Waals surface area contributed by atoms with Gasteiger partial charge in [0.2, 0.25) is 0 Å². The van der Waals surface area contributed by atoms with E-state index in [1.807, 2.05) is 42.6 Å². The molecule has 3 rings (SSSR count).